The number of benzene rings is 1. The fraction of sp³-hybridized carbons (Fsp3) is 0.158. The van der Waals surface area contributed by atoms with Crippen molar-refractivity contribution in [1.82, 2.24) is 5.43 Å². The average molecular weight is 308 g/mol. The van der Waals surface area contributed by atoms with E-state index in [1.165, 1.54) is 29.0 Å². The molecule has 1 aliphatic heterocycles. The molecule has 2 aliphatic rings. The molecule has 4 heteroatoms. The van der Waals surface area contributed by atoms with Crippen LogP contribution in [0.1, 0.15) is 19.8 Å². The maximum absolute atomic E-state index is 11.5. The number of nitrogens with one attached hydrogen (secondary N) is 1. The third-order valence-electron chi connectivity index (χ3n) is 3.62. The lowest BCUT2D eigenvalue weighted by Crippen LogP contribution is -2.35. The van der Waals surface area contributed by atoms with Crippen LogP contribution in [0.5, 0.6) is 0 Å². The van der Waals surface area contributed by atoms with Crippen LogP contribution in [0.2, 0.25) is 0 Å². The minimum atomic E-state index is -0.446. The molecule has 1 N–H and O–H groups in total. The summed E-state index contributed by atoms with van der Waals surface area (Å²) in [7, 11) is 0. The summed E-state index contributed by atoms with van der Waals surface area (Å²) in [6, 6.07) is 8.87. The number of para-hydroxylation sites is 1. The summed E-state index contributed by atoms with van der Waals surface area (Å²) in [4.78, 5) is 22.6. The van der Waals surface area contributed by atoms with Gasteiger partial charge < -0.3 is 0 Å². The SMILES string of the molecule is C=C1C(=O)NN(c2ccccc2)C1=O.C=CC1=CCCC=C1C. The molecule has 4 nitrogen and oxygen atoms in total. The zero-order valence-electron chi connectivity index (χ0n) is 13.2. The molecule has 1 aromatic carbocycles. The summed E-state index contributed by atoms with van der Waals surface area (Å²) < 4.78 is 0. The van der Waals surface area contributed by atoms with Gasteiger partial charge in [-0.1, -0.05) is 49.6 Å². The number of anilines is 1. The number of hydrogen-bond acceptors (Lipinski definition) is 2. The van der Waals surface area contributed by atoms with Crippen LogP contribution in [0.3, 0.4) is 0 Å². The van der Waals surface area contributed by atoms with Crippen LogP contribution < -0.4 is 10.4 Å². The fourth-order valence-electron chi connectivity index (χ4n) is 2.27. The zero-order chi connectivity index (χ0) is 16.8. The predicted molar refractivity (Wildman–Crippen MR) is 92.5 cm³/mol. The van der Waals surface area contributed by atoms with Gasteiger partial charge in [0.1, 0.15) is 5.57 Å². The normalized spacial score (nSPS) is 16.9. The van der Waals surface area contributed by atoms with E-state index in [0.717, 1.165) is 0 Å². The third-order valence-corrected chi connectivity index (χ3v) is 3.62. The van der Waals surface area contributed by atoms with Crippen LogP contribution >= 0.6 is 0 Å². The molecule has 23 heavy (non-hydrogen) atoms. The number of nitrogens with zero attached hydrogens (tertiary/aromatic N) is 1. The second-order valence-electron chi connectivity index (χ2n) is 5.22. The molecule has 118 valence electrons. The summed E-state index contributed by atoms with van der Waals surface area (Å²) >= 11 is 0. The Morgan fingerprint density at radius 3 is 2.26 bits per heavy atom. The van der Waals surface area contributed by atoms with Crippen molar-refractivity contribution in [2.75, 3.05) is 5.01 Å². The summed E-state index contributed by atoms with van der Waals surface area (Å²) in [5, 5.41) is 1.19. The van der Waals surface area contributed by atoms with Crippen LogP contribution in [0.4, 0.5) is 5.69 Å². The molecular weight excluding hydrogens is 288 g/mol. The van der Waals surface area contributed by atoms with Gasteiger partial charge in [-0.15, -0.1) is 0 Å². The Morgan fingerprint density at radius 2 is 1.78 bits per heavy atom. The highest BCUT2D eigenvalue weighted by Gasteiger charge is 2.32. The van der Waals surface area contributed by atoms with E-state index in [-0.39, 0.29) is 5.57 Å². The number of carbonyl (C=O) groups is 2. The largest absolute Gasteiger partial charge is 0.282 e. The second kappa shape index (κ2) is 7.40. The summed E-state index contributed by atoms with van der Waals surface area (Å²) in [6.45, 7) is 9.25. The Kier molecular flexibility index (Phi) is 5.31. The van der Waals surface area contributed by atoms with Gasteiger partial charge in [0.25, 0.3) is 11.8 Å². The molecule has 0 unspecified atom stereocenters. The van der Waals surface area contributed by atoms with Gasteiger partial charge in [-0.25, -0.2) is 5.01 Å². The molecule has 0 aromatic heterocycles. The van der Waals surface area contributed by atoms with Gasteiger partial charge >= 0.3 is 0 Å². The van der Waals surface area contributed by atoms with Crippen molar-refractivity contribution >= 4 is 17.5 Å². The van der Waals surface area contributed by atoms with E-state index in [1.807, 2.05) is 12.1 Å². The summed E-state index contributed by atoms with van der Waals surface area (Å²) in [6.07, 6.45) is 8.80. The average Bonchev–Trinajstić information content (AvgIpc) is 2.84. The van der Waals surface area contributed by atoms with Crippen molar-refractivity contribution < 1.29 is 9.59 Å². The van der Waals surface area contributed by atoms with E-state index in [1.54, 1.807) is 24.3 Å². The predicted octanol–water partition coefficient (Wildman–Crippen LogP) is 3.46. The number of allylic oxidation sites excluding steroid dienone is 5. The highest BCUT2D eigenvalue weighted by Crippen LogP contribution is 2.18. The molecule has 1 aromatic rings. The number of rotatable bonds is 2. The Morgan fingerprint density at radius 1 is 1.13 bits per heavy atom. The fourth-order valence-corrected chi connectivity index (χ4v) is 2.27. The van der Waals surface area contributed by atoms with E-state index < -0.39 is 11.8 Å². The van der Waals surface area contributed by atoms with Crippen molar-refractivity contribution in [3.05, 3.63) is 78.4 Å². The molecule has 1 heterocycles. The molecule has 0 radical (unpaired) electrons. The standard InChI is InChI=1S/C10H8N2O2.C9H12/c1-7-9(13)11-12(10(7)14)8-5-3-2-4-6-8;1-3-9-7-5-4-6-8(9)2/h2-6H,1H2,(H,11,13);3,6-7H,1,4-5H2,2H3. The van der Waals surface area contributed by atoms with Crippen LogP contribution in [0.15, 0.2) is 78.4 Å². The van der Waals surface area contributed by atoms with Crippen LogP contribution in [-0.2, 0) is 9.59 Å². The lowest BCUT2D eigenvalue weighted by molar-refractivity contribution is -0.117. The molecule has 0 spiro atoms. The maximum atomic E-state index is 11.5. The Balaban J connectivity index is 0.000000185. The molecule has 0 atom stereocenters. The van der Waals surface area contributed by atoms with Crippen LogP contribution in [0.25, 0.3) is 0 Å². The Labute approximate surface area is 136 Å². The minimum absolute atomic E-state index is 0.0335. The van der Waals surface area contributed by atoms with Crippen molar-refractivity contribution in [2.24, 2.45) is 0 Å². The highest BCUT2D eigenvalue weighted by molar-refractivity contribution is 6.28. The first-order chi connectivity index (χ1) is 11.0. The van der Waals surface area contributed by atoms with Crippen molar-refractivity contribution in [2.45, 2.75) is 19.8 Å². The Bertz CT molecular complexity index is 699. The first kappa shape index (κ1) is 16.5. The van der Waals surface area contributed by atoms with Gasteiger partial charge in [0.2, 0.25) is 0 Å². The highest BCUT2D eigenvalue weighted by atomic mass is 16.2. The maximum Gasteiger partial charge on any atom is 0.282 e. The van der Waals surface area contributed by atoms with Crippen LogP contribution in [-0.4, -0.2) is 11.8 Å². The molecule has 2 amide bonds. The second-order valence-corrected chi connectivity index (χ2v) is 5.22. The number of hydrogen-bond donors (Lipinski definition) is 1. The first-order valence-electron chi connectivity index (χ1n) is 7.43. The molecule has 0 bridgehead atoms. The molecule has 1 saturated heterocycles. The number of amides is 2. The molecule has 0 saturated carbocycles. The lowest BCUT2D eigenvalue weighted by atomic mass is 10.00. The van der Waals surface area contributed by atoms with Gasteiger partial charge in [0, 0.05) is 0 Å². The van der Waals surface area contributed by atoms with E-state index in [9.17, 15) is 9.59 Å². The van der Waals surface area contributed by atoms with E-state index in [4.69, 9.17) is 0 Å². The molecular formula is C19H20N2O2. The quantitative estimate of drug-likeness (QED) is 0.672. The lowest BCUT2D eigenvalue weighted by Gasteiger charge is -2.13. The summed E-state index contributed by atoms with van der Waals surface area (Å²) in [5.41, 5.74) is 5.69. The third kappa shape index (κ3) is 3.86. The van der Waals surface area contributed by atoms with Crippen molar-refractivity contribution in [1.29, 1.82) is 0 Å². The van der Waals surface area contributed by atoms with Gasteiger partial charge in [-0.3, -0.25) is 15.0 Å². The van der Waals surface area contributed by atoms with Crippen molar-refractivity contribution in [3.8, 4) is 0 Å². The molecule has 1 fully saturated rings. The monoisotopic (exact) mass is 308 g/mol. The number of carbonyl (C=O) groups excluding carboxylic acids is 2. The zero-order valence-corrected chi connectivity index (χ0v) is 13.2. The smallest absolute Gasteiger partial charge is 0.267 e. The number of hydrazine groups is 1. The van der Waals surface area contributed by atoms with E-state index >= 15 is 0 Å². The van der Waals surface area contributed by atoms with Gasteiger partial charge in [0.05, 0.1) is 5.69 Å². The molecule has 1 aliphatic carbocycles. The van der Waals surface area contributed by atoms with Gasteiger partial charge in [-0.2, -0.15) is 0 Å². The molecule has 3 rings (SSSR count). The van der Waals surface area contributed by atoms with E-state index in [2.05, 4.69) is 37.7 Å². The van der Waals surface area contributed by atoms with Crippen molar-refractivity contribution in [3.63, 3.8) is 0 Å². The van der Waals surface area contributed by atoms with E-state index in [0.29, 0.717) is 5.69 Å². The Hall–Kier alpha value is -2.88. The van der Waals surface area contributed by atoms with Gasteiger partial charge in [0.15, 0.2) is 0 Å². The first-order valence-corrected chi connectivity index (χ1v) is 7.43. The topological polar surface area (TPSA) is 49.4 Å². The summed E-state index contributed by atoms with van der Waals surface area (Å²) in [5.74, 6) is -0.847. The minimum Gasteiger partial charge on any atom is -0.267 e. The van der Waals surface area contributed by atoms with Crippen LogP contribution in [0, 0.1) is 0 Å². The van der Waals surface area contributed by atoms with Gasteiger partial charge in [-0.05, 0) is 43.0 Å².